The molecule has 0 aliphatic carbocycles. The van der Waals surface area contributed by atoms with Gasteiger partial charge in [0.05, 0.1) is 12.4 Å². The molecule has 0 saturated heterocycles. The van der Waals surface area contributed by atoms with Gasteiger partial charge < -0.3 is 5.11 Å². The van der Waals surface area contributed by atoms with E-state index in [2.05, 4.69) is 0 Å². The summed E-state index contributed by atoms with van der Waals surface area (Å²) in [6.45, 7) is 1.88. The van der Waals surface area contributed by atoms with Crippen LogP contribution in [0.15, 0.2) is 0 Å². The van der Waals surface area contributed by atoms with Crippen LogP contribution < -0.4 is 0 Å². The Morgan fingerprint density at radius 3 is 2.30 bits per heavy atom. The van der Waals surface area contributed by atoms with E-state index in [4.69, 9.17) is 5.11 Å². The molecule has 0 aromatic heterocycles. The molecule has 0 spiro atoms. The fourth-order valence-corrected chi connectivity index (χ4v) is 1.40. The van der Waals surface area contributed by atoms with Gasteiger partial charge in [0.15, 0.2) is 0 Å². The van der Waals surface area contributed by atoms with Gasteiger partial charge in [-0.15, -0.1) is 0 Å². The predicted molar refractivity (Wildman–Crippen MR) is 39.2 cm³/mol. The molecule has 0 fully saturated rings. The largest absolute Gasteiger partial charge is 0.395 e. The van der Waals surface area contributed by atoms with Gasteiger partial charge in [-0.25, -0.2) is 12.7 Å². The maximum atomic E-state index is 10.9. The molecule has 0 aliphatic heterocycles. The zero-order valence-electron chi connectivity index (χ0n) is 6.24. The van der Waals surface area contributed by atoms with Crippen molar-refractivity contribution in [2.24, 2.45) is 0 Å². The summed E-state index contributed by atoms with van der Waals surface area (Å²) in [6.07, 6.45) is 0. The molecule has 4 nitrogen and oxygen atoms in total. The fourth-order valence-electron chi connectivity index (χ4n) is 0.468. The van der Waals surface area contributed by atoms with Crippen molar-refractivity contribution in [3.63, 3.8) is 0 Å². The third-order valence-electron chi connectivity index (χ3n) is 1.27. The van der Waals surface area contributed by atoms with E-state index in [0.29, 0.717) is 6.54 Å². The summed E-state index contributed by atoms with van der Waals surface area (Å²) < 4.78 is 23.1. The highest BCUT2D eigenvalue weighted by Gasteiger charge is 2.13. The summed E-state index contributed by atoms with van der Waals surface area (Å²) in [6, 6.07) is 0. The zero-order chi connectivity index (χ0) is 8.20. The van der Waals surface area contributed by atoms with Gasteiger partial charge in [0.1, 0.15) is 0 Å². The lowest BCUT2D eigenvalue weighted by Gasteiger charge is -2.12. The summed E-state index contributed by atoms with van der Waals surface area (Å²) >= 11 is 0. The molecule has 0 radical (unpaired) electrons. The lowest BCUT2D eigenvalue weighted by Crippen LogP contribution is -2.30. The van der Waals surface area contributed by atoms with Crippen LogP contribution in [0.1, 0.15) is 6.92 Å². The van der Waals surface area contributed by atoms with Gasteiger partial charge >= 0.3 is 0 Å². The van der Waals surface area contributed by atoms with Gasteiger partial charge in [0.2, 0.25) is 10.0 Å². The van der Waals surface area contributed by atoms with E-state index in [9.17, 15) is 8.42 Å². The Labute approximate surface area is 61.5 Å². The first-order valence-electron chi connectivity index (χ1n) is 3.09. The number of hydrogen-bond acceptors (Lipinski definition) is 3. The number of nitrogens with zero attached hydrogens (tertiary/aromatic N) is 1. The Kier molecular flexibility index (Phi) is 3.85. The normalized spacial score (nSPS) is 12.4. The quantitative estimate of drug-likeness (QED) is 0.600. The van der Waals surface area contributed by atoms with E-state index in [1.165, 1.54) is 11.4 Å². The van der Waals surface area contributed by atoms with Gasteiger partial charge in [0, 0.05) is 13.6 Å². The van der Waals surface area contributed by atoms with Crippen LogP contribution in [0.25, 0.3) is 0 Å². The second-order valence-corrected chi connectivity index (χ2v) is 4.15. The maximum absolute atomic E-state index is 10.9. The average Bonchev–Trinajstić information content (AvgIpc) is 1.86. The minimum atomic E-state index is -3.18. The lowest BCUT2D eigenvalue weighted by atomic mass is 10.8. The standard InChI is InChI=1S/C5H13NO3S/c1-3-6(2)10(8,9)5-4-7/h7H,3-5H2,1-2H3. The number of sulfonamides is 1. The first-order valence-corrected chi connectivity index (χ1v) is 4.70. The van der Waals surface area contributed by atoms with Crippen LogP contribution in [0, 0.1) is 0 Å². The van der Waals surface area contributed by atoms with Gasteiger partial charge in [-0.2, -0.15) is 0 Å². The molecule has 5 heteroatoms. The molecule has 0 rings (SSSR count). The van der Waals surface area contributed by atoms with Crippen molar-refractivity contribution in [1.82, 2.24) is 4.31 Å². The molecule has 10 heavy (non-hydrogen) atoms. The van der Waals surface area contributed by atoms with Crippen LogP contribution in [-0.4, -0.2) is 43.8 Å². The van der Waals surface area contributed by atoms with Crippen molar-refractivity contribution >= 4 is 10.0 Å². The molecule has 0 unspecified atom stereocenters. The summed E-state index contributed by atoms with van der Waals surface area (Å²) in [5, 5.41) is 8.34. The highest BCUT2D eigenvalue weighted by Crippen LogP contribution is 1.95. The van der Waals surface area contributed by atoms with Crippen molar-refractivity contribution in [3.05, 3.63) is 0 Å². The van der Waals surface area contributed by atoms with Crippen LogP contribution >= 0.6 is 0 Å². The molecule has 1 N–H and O–H groups in total. The molecule has 0 aromatic rings. The predicted octanol–water partition coefficient (Wildman–Crippen LogP) is -0.740. The molecule has 62 valence electrons. The molecule has 0 atom stereocenters. The maximum Gasteiger partial charge on any atom is 0.216 e. The zero-order valence-corrected chi connectivity index (χ0v) is 7.06. The molecule has 0 aliphatic rings. The van der Waals surface area contributed by atoms with Crippen LogP contribution in [0.4, 0.5) is 0 Å². The molecule has 0 aromatic carbocycles. The summed E-state index contributed by atoms with van der Waals surface area (Å²) in [5.74, 6) is -0.183. The topological polar surface area (TPSA) is 57.6 Å². The smallest absolute Gasteiger partial charge is 0.216 e. The van der Waals surface area contributed by atoms with Crippen LogP contribution in [-0.2, 0) is 10.0 Å². The van der Waals surface area contributed by atoms with Gasteiger partial charge in [0.25, 0.3) is 0 Å². The first kappa shape index (κ1) is 9.87. The highest BCUT2D eigenvalue weighted by molar-refractivity contribution is 7.89. The SMILES string of the molecule is CCN(C)S(=O)(=O)CCO. The second-order valence-electron chi connectivity index (χ2n) is 1.95. The Morgan fingerprint density at radius 2 is 2.00 bits per heavy atom. The number of aliphatic hydroxyl groups is 1. The molecular weight excluding hydrogens is 154 g/mol. The first-order chi connectivity index (χ1) is 4.54. The molecule has 0 saturated carbocycles. The Morgan fingerprint density at radius 1 is 1.50 bits per heavy atom. The third kappa shape index (κ3) is 2.64. The van der Waals surface area contributed by atoms with E-state index >= 15 is 0 Å². The van der Waals surface area contributed by atoms with Crippen LogP contribution in [0.5, 0.6) is 0 Å². The Balaban J connectivity index is 4.12. The summed E-state index contributed by atoms with van der Waals surface area (Å²) in [5.41, 5.74) is 0. The number of hydrogen-bond donors (Lipinski definition) is 1. The van der Waals surface area contributed by atoms with Gasteiger partial charge in [-0.1, -0.05) is 6.92 Å². The van der Waals surface area contributed by atoms with E-state index in [-0.39, 0.29) is 12.4 Å². The van der Waals surface area contributed by atoms with Crippen molar-refractivity contribution < 1.29 is 13.5 Å². The average molecular weight is 167 g/mol. The monoisotopic (exact) mass is 167 g/mol. The minimum Gasteiger partial charge on any atom is -0.395 e. The summed E-state index contributed by atoms with van der Waals surface area (Å²) in [7, 11) is -1.69. The second kappa shape index (κ2) is 3.90. The summed E-state index contributed by atoms with van der Waals surface area (Å²) in [4.78, 5) is 0. The Hall–Kier alpha value is -0.130. The van der Waals surface area contributed by atoms with E-state index < -0.39 is 10.0 Å². The minimum absolute atomic E-state index is 0.183. The molecular formula is C5H13NO3S. The van der Waals surface area contributed by atoms with Gasteiger partial charge in [-0.3, -0.25) is 0 Å². The lowest BCUT2D eigenvalue weighted by molar-refractivity contribution is 0.316. The van der Waals surface area contributed by atoms with Crippen molar-refractivity contribution in [3.8, 4) is 0 Å². The molecule has 0 bridgehead atoms. The third-order valence-corrected chi connectivity index (χ3v) is 3.18. The molecule has 0 amide bonds. The fraction of sp³-hybridized carbons (Fsp3) is 1.00. The van der Waals surface area contributed by atoms with Crippen LogP contribution in [0.3, 0.4) is 0 Å². The van der Waals surface area contributed by atoms with E-state index in [1.807, 2.05) is 0 Å². The number of rotatable bonds is 4. The molecule has 0 heterocycles. The van der Waals surface area contributed by atoms with Crippen molar-refractivity contribution in [2.45, 2.75) is 6.92 Å². The van der Waals surface area contributed by atoms with Gasteiger partial charge in [-0.05, 0) is 0 Å². The highest BCUT2D eigenvalue weighted by atomic mass is 32.2. The Bertz CT molecular complexity index is 175. The van der Waals surface area contributed by atoms with Crippen molar-refractivity contribution in [2.75, 3.05) is 26.0 Å². The number of aliphatic hydroxyl groups excluding tert-OH is 1. The van der Waals surface area contributed by atoms with Crippen molar-refractivity contribution in [1.29, 1.82) is 0 Å². The van der Waals surface area contributed by atoms with E-state index in [0.717, 1.165) is 0 Å². The van der Waals surface area contributed by atoms with Crippen LogP contribution in [0.2, 0.25) is 0 Å². The van der Waals surface area contributed by atoms with E-state index in [1.54, 1.807) is 6.92 Å².